The summed E-state index contributed by atoms with van der Waals surface area (Å²) in [5, 5.41) is 0. The van der Waals surface area contributed by atoms with Gasteiger partial charge in [-0.2, -0.15) is 0 Å². The van der Waals surface area contributed by atoms with E-state index in [1.54, 1.807) is 11.3 Å². The largest absolute Gasteiger partial charge is 0.338 e. The van der Waals surface area contributed by atoms with Crippen LogP contribution in [0.5, 0.6) is 0 Å². The Morgan fingerprint density at radius 1 is 1.44 bits per heavy atom. The number of aryl methyl sites for hydroxylation is 2. The van der Waals surface area contributed by atoms with Crippen LogP contribution in [0.25, 0.3) is 0 Å². The van der Waals surface area contributed by atoms with E-state index in [1.807, 2.05) is 11.0 Å². The fraction of sp³-hybridized carbons (Fsp3) is 0.583. The van der Waals surface area contributed by atoms with Crippen molar-refractivity contribution in [1.82, 2.24) is 4.90 Å². The number of rotatable bonds is 1. The van der Waals surface area contributed by atoms with E-state index in [9.17, 15) is 4.79 Å². The second-order valence-corrected chi connectivity index (χ2v) is 5.74. The summed E-state index contributed by atoms with van der Waals surface area (Å²) in [5.74, 6) is 0.174. The van der Waals surface area contributed by atoms with Crippen LogP contribution in [0.3, 0.4) is 0 Å². The molecule has 0 aliphatic carbocycles. The first kappa shape index (κ1) is 11.6. The Morgan fingerprint density at radius 2 is 2.06 bits per heavy atom. The topological polar surface area (TPSA) is 46.3 Å². The average molecular weight is 238 g/mol. The van der Waals surface area contributed by atoms with Gasteiger partial charge in [-0.1, -0.05) is 0 Å². The summed E-state index contributed by atoms with van der Waals surface area (Å²) in [6.07, 6.45) is 1.85. The molecule has 2 heterocycles. The molecule has 0 spiro atoms. The molecule has 2 rings (SSSR count). The van der Waals surface area contributed by atoms with Crippen LogP contribution >= 0.6 is 11.3 Å². The second kappa shape index (κ2) is 4.55. The van der Waals surface area contributed by atoms with E-state index in [-0.39, 0.29) is 11.9 Å². The van der Waals surface area contributed by atoms with Crippen molar-refractivity contribution in [2.45, 2.75) is 32.7 Å². The molecule has 3 nitrogen and oxygen atoms in total. The average Bonchev–Trinajstić information content (AvgIpc) is 2.59. The van der Waals surface area contributed by atoms with Gasteiger partial charge in [-0.25, -0.2) is 0 Å². The summed E-state index contributed by atoms with van der Waals surface area (Å²) in [5.41, 5.74) is 7.04. The fourth-order valence-corrected chi connectivity index (χ4v) is 2.94. The molecule has 0 radical (unpaired) electrons. The predicted octanol–water partition coefficient (Wildman–Crippen LogP) is 1.93. The minimum Gasteiger partial charge on any atom is -0.338 e. The van der Waals surface area contributed by atoms with Gasteiger partial charge in [0.05, 0.1) is 4.88 Å². The Labute approximate surface area is 100 Å². The Bertz CT molecular complexity index is 372. The van der Waals surface area contributed by atoms with Gasteiger partial charge >= 0.3 is 0 Å². The Morgan fingerprint density at radius 3 is 2.56 bits per heavy atom. The third kappa shape index (κ3) is 2.28. The van der Waals surface area contributed by atoms with Crippen molar-refractivity contribution in [2.24, 2.45) is 5.73 Å². The molecule has 1 aliphatic heterocycles. The molecule has 2 N–H and O–H groups in total. The van der Waals surface area contributed by atoms with E-state index >= 15 is 0 Å². The fourth-order valence-electron chi connectivity index (χ4n) is 1.94. The number of carbonyl (C=O) groups is 1. The lowest BCUT2D eigenvalue weighted by atomic mass is 10.1. The molecule has 88 valence electrons. The summed E-state index contributed by atoms with van der Waals surface area (Å²) in [6.45, 7) is 5.71. The molecule has 0 saturated carbocycles. The summed E-state index contributed by atoms with van der Waals surface area (Å²) in [4.78, 5) is 16.2. The molecule has 1 aromatic rings. The molecule has 4 heteroatoms. The van der Waals surface area contributed by atoms with E-state index in [0.29, 0.717) is 0 Å². The third-order valence-corrected chi connectivity index (χ3v) is 4.34. The van der Waals surface area contributed by atoms with Crippen molar-refractivity contribution < 1.29 is 4.79 Å². The SMILES string of the molecule is Cc1cc(C(=O)N2CCC(N)CC2)sc1C. The quantitative estimate of drug-likeness (QED) is 0.812. The van der Waals surface area contributed by atoms with Gasteiger partial charge in [-0.15, -0.1) is 11.3 Å². The molecule has 1 aliphatic rings. The maximum absolute atomic E-state index is 12.2. The number of hydrogen-bond donors (Lipinski definition) is 1. The normalized spacial score (nSPS) is 17.8. The maximum Gasteiger partial charge on any atom is 0.263 e. The van der Waals surface area contributed by atoms with Gasteiger partial charge in [0, 0.05) is 24.0 Å². The van der Waals surface area contributed by atoms with E-state index in [2.05, 4.69) is 13.8 Å². The smallest absolute Gasteiger partial charge is 0.263 e. The lowest BCUT2D eigenvalue weighted by molar-refractivity contribution is 0.0719. The molecular weight excluding hydrogens is 220 g/mol. The summed E-state index contributed by atoms with van der Waals surface area (Å²) >= 11 is 1.59. The lowest BCUT2D eigenvalue weighted by Gasteiger charge is -2.29. The summed E-state index contributed by atoms with van der Waals surface area (Å²) in [6, 6.07) is 2.27. The Hall–Kier alpha value is -0.870. The number of thiophene rings is 1. The van der Waals surface area contributed by atoms with Gasteiger partial charge in [0.15, 0.2) is 0 Å². The molecule has 0 atom stereocenters. The number of hydrogen-bond acceptors (Lipinski definition) is 3. The van der Waals surface area contributed by atoms with Gasteiger partial charge in [0.2, 0.25) is 0 Å². The minimum atomic E-state index is 0.174. The van der Waals surface area contributed by atoms with E-state index in [0.717, 1.165) is 30.8 Å². The monoisotopic (exact) mass is 238 g/mol. The number of nitrogens with zero attached hydrogens (tertiary/aromatic N) is 1. The first-order valence-electron chi connectivity index (χ1n) is 5.70. The highest BCUT2D eigenvalue weighted by Crippen LogP contribution is 2.23. The van der Waals surface area contributed by atoms with Crippen LogP contribution in [0.2, 0.25) is 0 Å². The van der Waals surface area contributed by atoms with Crippen molar-refractivity contribution in [3.05, 3.63) is 21.4 Å². The van der Waals surface area contributed by atoms with E-state index < -0.39 is 0 Å². The summed E-state index contributed by atoms with van der Waals surface area (Å²) in [7, 11) is 0. The van der Waals surface area contributed by atoms with E-state index in [4.69, 9.17) is 5.73 Å². The van der Waals surface area contributed by atoms with Gasteiger partial charge < -0.3 is 10.6 Å². The van der Waals surface area contributed by atoms with Crippen molar-refractivity contribution >= 4 is 17.2 Å². The van der Waals surface area contributed by atoms with Crippen LogP contribution in [0.1, 0.15) is 33.0 Å². The molecule has 1 amide bonds. The molecular formula is C12H18N2OS. The molecule has 0 unspecified atom stereocenters. The minimum absolute atomic E-state index is 0.174. The lowest BCUT2D eigenvalue weighted by Crippen LogP contribution is -2.42. The predicted molar refractivity (Wildman–Crippen MR) is 66.9 cm³/mol. The number of piperidine rings is 1. The Kier molecular flexibility index (Phi) is 3.30. The number of nitrogens with two attached hydrogens (primary N) is 1. The number of carbonyl (C=O) groups excluding carboxylic acids is 1. The van der Waals surface area contributed by atoms with Crippen molar-refractivity contribution in [3.8, 4) is 0 Å². The Balaban J connectivity index is 2.07. The van der Waals surface area contributed by atoms with Gasteiger partial charge in [0.1, 0.15) is 0 Å². The molecule has 1 aromatic heterocycles. The van der Waals surface area contributed by atoms with Crippen LogP contribution in [-0.2, 0) is 0 Å². The number of amides is 1. The van der Waals surface area contributed by atoms with Crippen molar-refractivity contribution in [1.29, 1.82) is 0 Å². The summed E-state index contributed by atoms with van der Waals surface area (Å²) < 4.78 is 0. The molecule has 1 fully saturated rings. The van der Waals surface area contributed by atoms with Crippen LogP contribution in [-0.4, -0.2) is 29.9 Å². The first-order valence-corrected chi connectivity index (χ1v) is 6.51. The zero-order valence-corrected chi connectivity index (χ0v) is 10.6. The highest BCUT2D eigenvalue weighted by Gasteiger charge is 2.22. The van der Waals surface area contributed by atoms with E-state index in [1.165, 1.54) is 10.4 Å². The molecule has 0 aromatic carbocycles. The third-order valence-electron chi connectivity index (χ3n) is 3.20. The van der Waals surface area contributed by atoms with Crippen LogP contribution in [0.4, 0.5) is 0 Å². The van der Waals surface area contributed by atoms with Crippen molar-refractivity contribution in [3.63, 3.8) is 0 Å². The standard InChI is InChI=1S/C12H18N2OS/c1-8-7-11(16-9(8)2)12(15)14-5-3-10(13)4-6-14/h7,10H,3-6,13H2,1-2H3. The second-order valence-electron chi connectivity index (χ2n) is 4.48. The molecule has 16 heavy (non-hydrogen) atoms. The molecule has 0 bridgehead atoms. The molecule has 1 saturated heterocycles. The van der Waals surface area contributed by atoms with Crippen LogP contribution in [0.15, 0.2) is 6.07 Å². The highest BCUT2D eigenvalue weighted by atomic mass is 32.1. The highest BCUT2D eigenvalue weighted by molar-refractivity contribution is 7.14. The van der Waals surface area contributed by atoms with Crippen molar-refractivity contribution in [2.75, 3.05) is 13.1 Å². The first-order chi connectivity index (χ1) is 7.58. The maximum atomic E-state index is 12.2. The van der Waals surface area contributed by atoms with Gasteiger partial charge in [0.25, 0.3) is 5.91 Å². The van der Waals surface area contributed by atoms with Crippen LogP contribution < -0.4 is 5.73 Å². The van der Waals surface area contributed by atoms with Gasteiger partial charge in [-0.05, 0) is 38.3 Å². The van der Waals surface area contributed by atoms with Crippen LogP contribution in [0, 0.1) is 13.8 Å². The zero-order valence-electron chi connectivity index (χ0n) is 9.82. The zero-order chi connectivity index (χ0) is 11.7. The number of likely N-dealkylation sites (tertiary alicyclic amines) is 1. The van der Waals surface area contributed by atoms with Gasteiger partial charge in [-0.3, -0.25) is 4.79 Å².